The fraction of sp³-hybridized carbons (Fsp3) is 0.278. The van der Waals surface area contributed by atoms with E-state index in [9.17, 15) is 9.90 Å². The zero-order valence-electron chi connectivity index (χ0n) is 12.6. The van der Waals surface area contributed by atoms with Crippen LogP contribution in [-0.4, -0.2) is 36.1 Å². The maximum atomic E-state index is 12.4. The Bertz CT molecular complexity index is 598. The van der Waals surface area contributed by atoms with Crippen molar-refractivity contribution in [3.05, 3.63) is 70.2 Å². The van der Waals surface area contributed by atoms with Crippen LogP contribution in [0.25, 0.3) is 0 Å². The summed E-state index contributed by atoms with van der Waals surface area (Å²) in [5, 5.41) is 9.31. The summed E-state index contributed by atoms with van der Waals surface area (Å²) >= 11 is 3.42. The molecule has 2 aromatic rings. The number of halogens is 1. The molecule has 2 rings (SSSR count). The molecule has 116 valence electrons. The first-order valence-electron chi connectivity index (χ1n) is 7.28. The highest BCUT2D eigenvalue weighted by Gasteiger charge is 2.18. The second kappa shape index (κ2) is 8.11. The molecule has 2 aromatic carbocycles. The number of carbonyl (C=O) groups excluding carboxylic acids is 1. The van der Waals surface area contributed by atoms with Gasteiger partial charge >= 0.3 is 0 Å². The van der Waals surface area contributed by atoms with Crippen LogP contribution in [-0.2, 0) is 0 Å². The van der Waals surface area contributed by atoms with Gasteiger partial charge in [-0.15, -0.1) is 0 Å². The second-order valence-corrected chi connectivity index (χ2v) is 6.23. The Balaban J connectivity index is 2.10. The first-order chi connectivity index (χ1) is 10.6. The predicted octanol–water partition coefficient (Wildman–Crippen LogP) is 3.69. The van der Waals surface area contributed by atoms with Crippen LogP contribution in [0, 0.1) is 0 Å². The lowest BCUT2D eigenvalue weighted by atomic mass is 9.95. The Hall–Kier alpha value is -1.65. The highest BCUT2D eigenvalue weighted by atomic mass is 79.9. The zero-order valence-corrected chi connectivity index (χ0v) is 14.2. The summed E-state index contributed by atoms with van der Waals surface area (Å²) in [6, 6.07) is 17.3. The van der Waals surface area contributed by atoms with Crippen molar-refractivity contribution < 1.29 is 9.90 Å². The number of benzene rings is 2. The fourth-order valence-electron chi connectivity index (χ4n) is 2.47. The summed E-state index contributed by atoms with van der Waals surface area (Å²) in [7, 11) is 1.80. The summed E-state index contributed by atoms with van der Waals surface area (Å²) in [6.45, 7) is 0.685. The molecule has 0 aliphatic heterocycles. The molecule has 0 bridgehead atoms. The highest BCUT2D eigenvalue weighted by molar-refractivity contribution is 9.10. The van der Waals surface area contributed by atoms with Crippen LogP contribution in [0.15, 0.2) is 59.1 Å². The van der Waals surface area contributed by atoms with Gasteiger partial charge in [0, 0.05) is 36.2 Å². The van der Waals surface area contributed by atoms with Crippen LogP contribution in [0.2, 0.25) is 0 Å². The molecule has 0 aliphatic rings. The average Bonchev–Trinajstić information content (AvgIpc) is 2.55. The predicted molar refractivity (Wildman–Crippen MR) is 92.0 cm³/mol. The Morgan fingerprint density at radius 1 is 1.14 bits per heavy atom. The molecule has 0 radical (unpaired) electrons. The largest absolute Gasteiger partial charge is 0.396 e. The maximum Gasteiger partial charge on any atom is 0.253 e. The number of hydrogen-bond donors (Lipinski definition) is 1. The van der Waals surface area contributed by atoms with Gasteiger partial charge in [0.25, 0.3) is 5.91 Å². The van der Waals surface area contributed by atoms with E-state index in [1.165, 1.54) is 0 Å². The lowest BCUT2D eigenvalue weighted by Crippen LogP contribution is -2.31. The SMILES string of the molecule is CN(CC(CCO)c1ccc(Br)cc1)C(=O)c1ccccc1. The van der Waals surface area contributed by atoms with Crippen LogP contribution in [0.4, 0.5) is 0 Å². The Kier molecular flexibility index (Phi) is 6.16. The number of likely N-dealkylation sites (N-methyl/N-ethyl adjacent to an activating group) is 1. The third kappa shape index (κ3) is 4.42. The van der Waals surface area contributed by atoms with Crippen molar-refractivity contribution >= 4 is 21.8 Å². The molecule has 0 saturated carbocycles. The van der Waals surface area contributed by atoms with Crippen molar-refractivity contribution in [2.75, 3.05) is 20.2 Å². The van der Waals surface area contributed by atoms with E-state index in [-0.39, 0.29) is 18.4 Å². The van der Waals surface area contributed by atoms with Crippen LogP contribution in [0.3, 0.4) is 0 Å². The monoisotopic (exact) mass is 361 g/mol. The Morgan fingerprint density at radius 2 is 1.77 bits per heavy atom. The summed E-state index contributed by atoms with van der Waals surface area (Å²) in [6.07, 6.45) is 0.633. The smallest absolute Gasteiger partial charge is 0.253 e. The topological polar surface area (TPSA) is 40.5 Å². The van der Waals surface area contributed by atoms with Gasteiger partial charge in [-0.1, -0.05) is 46.3 Å². The number of hydrogen-bond acceptors (Lipinski definition) is 2. The molecule has 0 aliphatic carbocycles. The fourth-order valence-corrected chi connectivity index (χ4v) is 2.73. The summed E-state index contributed by atoms with van der Waals surface area (Å²) < 4.78 is 1.02. The number of amides is 1. The minimum absolute atomic E-state index is 0.000603. The van der Waals surface area contributed by atoms with Gasteiger partial charge < -0.3 is 10.0 Å². The van der Waals surface area contributed by atoms with Crippen LogP contribution in [0.5, 0.6) is 0 Å². The first-order valence-corrected chi connectivity index (χ1v) is 8.08. The Morgan fingerprint density at radius 3 is 2.36 bits per heavy atom. The molecule has 4 heteroatoms. The standard InChI is InChI=1S/C18H20BrNO2/c1-20(18(22)15-5-3-2-4-6-15)13-16(11-12-21)14-7-9-17(19)10-8-14/h2-10,16,21H,11-13H2,1H3. The van der Waals surface area contributed by atoms with E-state index in [0.29, 0.717) is 18.5 Å². The van der Waals surface area contributed by atoms with Gasteiger partial charge in [0.2, 0.25) is 0 Å². The van der Waals surface area contributed by atoms with Gasteiger partial charge in [-0.25, -0.2) is 0 Å². The first kappa shape index (κ1) is 16.7. The van der Waals surface area contributed by atoms with E-state index in [4.69, 9.17) is 0 Å². The summed E-state index contributed by atoms with van der Waals surface area (Å²) in [5.41, 5.74) is 1.81. The average molecular weight is 362 g/mol. The summed E-state index contributed by atoms with van der Waals surface area (Å²) in [4.78, 5) is 14.1. The normalized spacial score (nSPS) is 12.0. The maximum absolute atomic E-state index is 12.4. The van der Waals surface area contributed by atoms with Gasteiger partial charge in [-0.05, 0) is 36.2 Å². The van der Waals surface area contributed by atoms with Crippen molar-refractivity contribution in [3.8, 4) is 0 Å². The number of aliphatic hydroxyl groups is 1. The Labute approximate surface area is 139 Å². The number of nitrogens with zero attached hydrogens (tertiary/aromatic N) is 1. The molecular weight excluding hydrogens is 342 g/mol. The molecule has 0 saturated heterocycles. The van der Waals surface area contributed by atoms with Crippen LogP contribution < -0.4 is 0 Å². The molecule has 0 fully saturated rings. The third-order valence-corrected chi connectivity index (χ3v) is 4.21. The molecule has 1 N–H and O–H groups in total. The zero-order chi connectivity index (χ0) is 15.9. The lowest BCUT2D eigenvalue weighted by Gasteiger charge is -2.24. The van der Waals surface area contributed by atoms with Crippen molar-refractivity contribution in [1.82, 2.24) is 4.90 Å². The van der Waals surface area contributed by atoms with Crippen molar-refractivity contribution in [2.24, 2.45) is 0 Å². The van der Waals surface area contributed by atoms with Crippen LogP contribution >= 0.6 is 15.9 Å². The molecule has 1 atom stereocenters. The highest BCUT2D eigenvalue weighted by Crippen LogP contribution is 2.23. The van der Waals surface area contributed by atoms with E-state index in [0.717, 1.165) is 10.0 Å². The van der Waals surface area contributed by atoms with E-state index < -0.39 is 0 Å². The molecule has 0 spiro atoms. The van der Waals surface area contributed by atoms with Crippen molar-refractivity contribution in [3.63, 3.8) is 0 Å². The molecule has 3 nitrogen and oxygen atoms in total. The molecule has 0 aromatic heterocycles. The number of rotatable bonds is 6. The summed E-state index contributed by atoms with van der Waals surface area (Å²) in [5.74, 6) is 0.122. The van der Waals surface area contributed by atoms with Gasteiger partial charge in [0.05, 0.1) is 0 Å². The number of carbonyl (C=O) groups is 1. The second-order valence-electron chi connectivity index (χ2n) is 5.31. The molecule has 0 heterocycles. The van der Waals surface area contributed by atoms with E-state index in [1.54, 1.807) is 11.9 Å². The minimum atomic E-state index is 0.000603. The molecule has 1 amide bonds. The third-order valence-electron chi connectivity index (χ3n) is 3.68. The van der Waals surface area contributed by atoms with E-state index in [1.807, 2.05) is 54.6 Å². The minimum Gasteiger partial charge on any atom is -0.396 e. The lowest BCUT2D eigenvalue weighted by molar-refractivity contribution is 0.0781. The van der Waals surface area contributed by atoms with Gasteiger partial charge in [-0.3, -0.25) is 4.79 Å². The molecule has 1 unspecified atom stereocenters. The molecular formula is C18H20BrNO2. The quantitative estimate of drug-likeness (QED) is 0.852. The van der Waals surface area contributed by atoms with E-state index >= 15 is 0 Å². The van der Waals surface area contributed by atoms with E-state index in [2.05, 4.69) is 15.9 Å². The van der Waals surface area contributed by atoms with Gasteiger partial charge in [-0.2, -0.15) is 0 Å². The molecule has 22 heavy (non-hydrogen) atoms. The van der Waals surface area contributed by atoms with Crippen LogP contribution in [0.1, 0.15) is 28.3 Å². The van der Waals surface area contributed by atoms with Crippen molar-refractivity contribution in [1.29, 1.82) is 0 Å². The van der Waals surface area contributed by atoms with Gasteiger partial charge in [0.1, 0.15) is 0 Å². The van der Waals surface area contributed by atoms with Gasteiger partial charge in [0.15, 0.2) is 0 Å². The van der Waals surface area contributed by atoms with Crippen molar-refractivity contribution in [2.45, 2.75) is 12.3 Å². The number of aliphatic hydroxyl groups excluding tert-OH is 1.